The minimum atomic E-state index is -4.70. The number of allylic oxidation sites excluding steroid dienone is 8. The van der Waals surface area contributed by atoms with Crippen molar-refractivity contribution in [1.29, 1.82) is 0 Å². The van der Waals surface area contributed by atoms with E-state index in [0.29, 0.717) is 33.9 Å². The number of hydrogen-bond donors (Lipinski definition) is 7. The van der Waals surface area contributed by atoms with E-state index in [-0.39, 0.29) is 87.4 Å². The van der Waals surface area contributed by atoms with Gasteiger partial charge in [-0.2, -0.15) is 46.7 Å². The van der Waals surface area contributed by atoms with E-state index in [1.165, 1.54) is 44.3 Å². The molecule has 0 radical (unpaired) electrons. The normalized spacial score (nSPS) is 19.5. The van der Waals surface area contributed by atoms with Crippen LogP contribution in [0.4, 0.5) is 11.4 Å². The molecule has 2 aromatic carbocycles. The van der Waals surface area contributed by atoms with Gasteiger partial charge in [0, 0.05) is 80.6 Å². The van der Waals surface area contributed by atoms with Gasteiger partial charge in [0.25, 0.3) is 50.6 Å². The monoisotopic (exact) mass is 1250 g/mol. The van der Waals surface area contributed by atoms with E-state index in [1.807, 2.05) is 0 Å². The van der Waals surface area contributed by atoms with Gasteiger partial charge in [0.1, 0.15) is 6.54 Å². The van der Waals surface area contributed by atoms with Crippen LogP contribution in [0.2, 0.25) is 0 Å². The summed E-state index contributed by atoms with van der Waals surface area (Å²) < 4.78 is 201. The molecule has 1 aliphatic carbocycles. The van der Waals surface area contributed by atoms with Crippen LogP contribution in [0.3, 0.4) is 0 Å². The van der Waals surface area contributed by atoms with Crippen LogP contribution in [-0.2, 0) is 90.6 Å². The first-order valence-electron chi connectivity index (χ1n) is 25.1. The first-order valence-corrected chi connectivity index (χ1v) is 34.4. The molecule has 7 N–H and O–H groups in total. The number of carbonyl (C=O) groups excluding carboxylic acids is 3. The molecule has 26 nitrogen and oxygen atoms in total. The van der Waals surface area contributed by atoms with Crippen molar-refractivity contribution in [3.63, 3.8) is 0 Å². The second-order valence-electron chi connectivity index (χ2n) is 20.7. The van der Waals surface area contributed by atoms with Crippen LogP contribution in [0.1, 0.15) is 84.3 Å². The number of nitrogens with zero attached hydrogens (tertiary/aromatic N) is 3. The molecule has 2 aliphatic heterocycles. The average molecular weight is 1260 g/mol. The minimum Gasteiger partial charge on any atom is -0.465 e. The maximum Gasteiger partial charge on any atom is 0.322 e. The molecule has 0 spiro atoms. The molecule has 32 heteroatoms. The molecular formula is C49H68N5O21S6+. The number of ether oxygens (including phenoxy) is 1. The van der Waals surface area contributed by atoms with E-state index in [1.54, 1.807) is 67.6 Å². The summed E-state index contributed by atoms with van der Waals surface area (Å²) in [5.41, 5.74) is -1.11. The number of sulfonamides is 1. The minimum absolute atomic E-state index is 0.0310. The number of carbonyl (C=O) groups is 3. The quantitative estimate of drug-likeness (QED) is 0.0292. The van der Waals surface area contributed by atoms with Crippen molar-refractivity contribution < 1.29 is 97.0 Å². The number of anilines is 1. The van der Waals surface area contributed by atoms with Gasteiger partial charge in [0.2, 0.25) is 27.5 Å². The molecule has 450 valence electrons. The van der Waals surface area contributed by atoms with Gasteiger partial charge >= 0.3 is 5.97 Å². The van der Waals surface area contributed by atoms with Crippen LogP contribution in [-0.4, -0.2) is 175 Å². The first kappa shape index (κ1) is 66.5. The molecule has 3 aliphatic rings. The van der Waals surface area contributed by atoms with E-state index < -0.39 is 129 Å². The lowest BCUT2D eigenvalue weighted by molar-refractivity contribution is -0.437. The summed E-state index contributed by atoms with van der Waals surface area (Å²) in [5.74, 6) is -5.49. The zero-order valence-corrected chi connectivity index (χ0v) is 50.1. The van der Waals surface area contributed by atoms with Crippen molar-refractivity contribution in [3.8, 4) is 0 Å². The Labute approximate surface area is 472 Å². The highest BCUT2D eigenvalue weighted by atomic mass is 32.2. The van der Waals surface area contributed by atoms with Gasteiger partial charge in [-0.3, -0.25) is 37.1 Å². The zero-order chi connectivity index (χ0) is 61.0. The third kappa shape index (κ3) is 17.2. The van der Waals surface area contributed by atoms with E-state index >= 15 is 0 Å². The maximum atomic E-state index is 14.5. The van der Waals surface area contributed by atoms with Gasteiger partial charge < -0.3 is 20.3 Å². The van der Waals surface area contributed by atoms with Crippen molar-refractivity contribution >= 4 is 95.5 Å². The number of nitrogens with one attached hydrogen (secondary N) is 2. The number of fused-ring (bicyclic) bond motifs is 2. The highest BCUT2D eigenvalue weighted by molar-refractivity contribution is 7.89. The number of amides is 2. The third-order valence-electron chi connectivity index (χ3n) is 13.9. The van der Waals surface area contributed by atoms with Crippen LogP contribution >= 0.6 is 0 Å². The lowest BCUT2D eigenvalue weighted by Gasteiger charge is -2.34. The van der Waals surface area contributed by atoms with Gasteiger partial charge in [-0.25, -0.2) is 12.7 Å². The standard InChI is InChI=1S/C49H67N5O21S6/c1-7-75-46(57)49(45(56)51-21-28-79(67,68)69)32-34(29-35(33-49)13-19-43-48(4,5)39-31-37(81(72,73)74)15-17-41(39)54(43)24-10-26-77(61,62)63)12-18-42-47(2,3)38-30-36(14-16-40(38)53(42)23-9-25-76(58,59)60)80(70,71)52(6)22-8-11-44(55)50-20-27-78(64,65)66/h12-19,29-31H,7-11,20-28,32-33H2,1-6H3,(H6-,50,51,55,56,58,59,60,61,62,63,64,65,66,67,68,69,72,73,74)/p+1. The van der Waals surface area contributed by atoms with Crippen molar-refractivity contribution in [3.05, 3.63) is 94.7 Å². The molecule has 0 bridgehead atoms. The number of benzene rings is 2. The van der Waals surface area contributed by atoms with Crippen molar-refractivity contribution in [1.82, 2.24) is 14.9 Å². The SMILES string of the molecule is CCOC(=O)C1(C(=O)NCCS(=O)(=O)O)CC(/C=C/C2=[N+](CCCS(=O)(=O)O)c3ccc(S(=O)(=O)O)cc3C2(C)C)=CC(=C/C=C2/N(CCCS(=O)(=O)O)c3ccc(S(=O)(=O)N(C)CCCC(=O)NCCS(=O)(=O)O)cc3C2(C)C)/C1. The highest BCUT2D eigenvalue weighted by Crippen LogP contribution is 2.50. The van der Waals surface area contributed by atoms with Crippen LogP contribution in [0.25, 0.3) is 0 Å². The van der Waals surface area contributed by atoms with E-state index in [0.717, 1.165) is 10.4 Å². The summed E-state index contributed by atoms with van der Waals surface area (Å²) in [4.78, 5) is 42.2. The lowest BCUT2D eigenvalue weighted by Crippen LogP contribution is -2.49. The Morgan fingerprint density at radius 2 is 1.28 bits per heavy atom. The maximum absolute atomic E-state index is 14.5. The summed E-state index contributed by atoms with van der Waals surface area (Å²) in [6.07, 6.45) is 6.86. The summed E-state index contributed by atoms with van der Waals surface area (Å²) in [6.45, 7) is 7.08. The van der Waals surface area contributed by atoms with Gasteiger partial charge in [-0.05, 0) is 99.6 Å². The number of esters is 1. The molecule has 0 saturated carbocycles. The molecule has 0 fully saturated rings. The fourth-order valence-corrected chi connectivity index (χ4v) is 13.4. The molecule has 2 aromatic rings. The summed E-state index contributed by atoms with van der Waals surface area (Å²) >= 11 is 0. The molecule has 0 saturated heterocycles. The Bertz CT molecular complexity index is 3680. The molecule has 0 aromatic heterocycles. The first-order chi connectivity index (χ1) is 37.1. The fraction of sp³-hybridized carbons (Fsp3) is 0.510. The summed E-state index contributed by atoms with van der Waals surface area (Å²) in [7, 11) is -25.5. The van der Waals surface area contributed by atoms with Crippen molar-refractivity contribution in [2.45, 2.75) is 93.8 Å². The smallest absolute Gasteiger partial charge is 0.322 e. The fourth-order valence-electron chi connectivity index (χ4n) is 9.91. The molecule has 81 heavy (non-hydrogen) atoms. The second kappa shape index (κ2) is 25.3. The third-order valence-corrected chi connectivity index (χ3v) is 19.7. The van der Waals surface area contributed by atoms with Gasteiger partial charge in [0.05, 0.1) is 44.8 Å². The molecule has 1 unspecified atom stereocenters. The van der Waals surface area contributed by atoms with Crippen LogP contribution in [0.5, 0.6) is 0 Å². The Morgan fingerprint density at radius 3 is 1.88 bits per heavy atom. The van der Waals surface area contributed by atoms with Gasteiger partial charge in [0.15, 0.2) is 11.1 Å². The predicted molar refractivity (Wildman–Crippen MR) is 298 cm³/mol. The average Bonchev–Trinajstić information content (AvgIpc) is 3.67. The Hall–Kier alpha value is -5.26. The van der Waals surface area contributed by atoms with Crippen LogP contribution < -0.4 is 15.5 Å². The summed E-state index contributed by atoms with van der Waals surface area (Å²) in [5, 5.41) is 4.76. The van der Waals surface area contributed by atoms with Crippen molar-refractivity contribution in [2.24, 2.45) is 5.41 Å². The molecule has 2 heterocycles. The van der Waals surface area contributed by atoms with E-state index in [2.05, 4.69) is 10.6 Å². The topological polar surface area (TPSA) is 400 Å². The molecule has 1 atom stereocenters. The van der Waals surface area contributed by atoms with Gasteiger partial charge in [-0.15, -0.1) is 0 Å². The highest BCUT2D eigenvalue weighted by Gasteiger charge is 2.51. The van der Waals surface area contributed by atoms with Gasteiger partial charge in [-0.1, -0.05) is 32.1 Å². The summed E-state index contributed by atoms with van der Waals surface area (Å²) in [6, 6.07) is 8.14. The van der Waals surface area contributed by atoms with E-state index in [9.17, 15) is 83.1 Å². The van der Waals surface area contributed by atoms with E-state index in [4.69, 9.17) is 9.29 Å². The number of hydrogen-bond acceptors (Lipinski definition) is 17. The molecular weight excluding hydrogens is 1190 g/mol. The molecule has 5 rings (SSSR count). The largest absolute Gasteiger partial charge is 0.465 e. The second-order valence-corrected chi connectivity index (χ2v) is 30.4. The van der Waals surface area contributed by atoms with Crippen LogP contribution in [0, 0.1) is 5.41 Å². The Balaban J connectivity index is 1.65. The van der Waals surface area contributed by atoms with Crippen LogP contribution in [0.15, 0.2) is 93.4 Å². The number of rotatable bonds is 27. The Kier molecular flexibility index (Phi) is 20.8. The lowest BCUT2D eigenvalue weighted by atomic mass is 9.70. The predicted octanol–water partition coefficient (Wildman–Crippen LogP) is 2.71. The van der Waals surface area contributed by atoms with Crippen molar-refractivity contribution in [2.75, 3.05) is 74.3 Å². The molecule has 2 amide bonds. The zero-order valence-electron chi connectivity index (χ0n) is 45.2. The Morgan fingerprint density at radius 1 is 0.704 bits per heavy atom.